The number of carbonyl (C=O) groups excluding carboxylic acids is 2. The lowest BCUT2D eigenvalue weighted by molar-refractivity contribution is -0.124. The van der Waals surface area contributed by atoms with E-state index in [4.69, 9.17) is 5.73 Å². The third-order valence-corrected chi connectivity index (χ3v) is 4.09. The highest BCUT2D eigenvalue weighted by Gasteiger charge is 2.28. The van der Waals surface area contributed by atoms with Crippen LogP contribution in [0.3, 0.4) is 0 Å². The molecule has 2 unspecified atom stereocenters. The van der Waals surface area contributed by atoms with Gasteiger partial charge in [0, 0.05) is 23.7 Å². The number of nitrogens with zero attached hydrogens (tertiary/aromatic N) is 1. The van der Waals surface area contributed by atoms with E-state index in [1.165, 1.54) is 0 Å². The third kappa shape index (κ3) is 4.06. The zero-order valence-corrected chi connectivity index (χ0v) is 13.4. The average Bonchev–Trinajstić information content (AvgIpc) is 2.51. The van der Waals surface area contributed by atoms with Gasteiger partial charge in [-0.25, -0.2) is 4.98 Å². The van der Waals surface area contributed by atoms with Crippen molar-refractivity contribution in [1.82, 2.24) is 15.3 Å². The van der Waals surface area contributed by atoms with Crippen molar-refractivity contribution in [3.8, 4) is 0 Å². The van der Waals surface area contributed by atoms with Gasteiger partial charge in [0.05, 0.1) is 12.3 Å². The van der Waals surface area contributed by atoms with Crippen LogP contribution in [-0.4, -0.2) is 27.8 Å². The van der Waals surface area contributed by atoms with Crippen molar-refractivity contribution in [3.05, 3.63) is 39.6 Å². The highest BCUT2D eigenvalue weighted by Crippen LogP contribution is 2.18. The molecule has 1 aliphatic rings. The van der Waals surface area contributed by atoms with E-state index in [9.17, 15) is 14.4 Å². The Labute approximate surface area is 134 Å². The molecule has 0 fully saturated rings. The number of nitrogens with one attached hydrogen (secondary N) is 2. The van der Waals surface area contributed by atoms with Gasteiger partial charge in [-0.2, -0.15) is 0 Å². The quantitative estimate of drug-likeness (QED) is 0.668. The van der Waals surface area contributed by atoms with Crippen molar-refractivity contribution in [2.45, 2.75) is 45.6 Å². The number of allylic oxidation sites excluding steroid dienone is 1. The molecule has 7 heteroatoms. The summed E-state index contributed by atoms with van der Waals surface area (Å²) in [5.41, 5.74) is 5.99. The van der Waals surface area contributed by atoms with Crippen LogP contribution in [0.2, 0.25) is 0 Å². The molecule has 0 spiro atoms. The topological polar surface area (TPSA) is 118 Å². The molecule has 0 aromatic carbocycles. The van der Waals surface area contributed by atoms with Crippen molar-refractivity contribution < 1.29 is 9.59 Å². The summed E-state index contributed by atoms with van der Waals surface area (Å²) in [5.74, 6) is -0.550. The van der Waals surface area contributed by atoms with Gasteiger partial charge in [0.2, 0.25) is 11.8 Å². The van der Waals surface area contributed by atoms with Gasteiger partial charge in [0.1, 0.15) is 5.82 Å². The van der Waals surface area contributed by atoms with E-state index >= 15 is 0 Å². The van der Waals surface area contributed by atoms with Gasteiger partial charge in [0.15, 0.2) is 0 Å². The van der Waals surface area contributed by atoms with Crippen LogP contribution >= 0.6 is 0 Å². The molecule has 2 rings (SSSR count). The van der Waals surface area contributed by atoms with E-state index in [2.05, 4.69) is 15.3 Å². The zero-order chi connectivity index (χ0) is 17.0. The minimum Gasteiger partial charge on any atom is -0.369 e. The maximum atomic E-state index is 12.2. The van der Waals surface area contributed by atoms with E-state index < -0.39 is 11.8 Å². The lowest BCUT2D eigenvalue weighted by Gasteiger charge is -2.26. The van der Waals surface area contributed by atoms with Gasteiger partial charge in [-0.15, -0.1) is 0 Å². The standard InChI is InChI=1S/C16H22N4O3/c1-3-13-18-9(2)11(16(23)20-13)8-14(21)19-12-7-5-4-6-10(12)15(17)22/h4-5,10,12H,3,6-8H2,1-2H3,(H2,17,22)(H,19,21)(H,18,20,23). The van der Waals surface area contributed by atoms with E-state index in [0.717, 1.165) is 0 Å². The van der Waals surface area contributed by atoms with Crippen LogP contribution < -0.4 is 16.6 Å². The number of amides is 2. The maximum absolute atomic E-state index is 12.2. The SMILES string of the molecule is CCc1nc(C)c(CC(=O)NC2CC=CCC2C(N)=O)c(=O)[nH]1. The van der Waals surface area contributed by atoms with Crippen molar-refractivity contribution in [3.63, 3.8) is 0 Å². The molecule has 124 valence electrons. The predicted molar refractivity (Wildman–Crippen MR) is 85.7 cm³/mol. The van der Waals surface area contributed by atoms with Gasteiger partial charge in [-0.3, -0.25) is 14.4 Å². The smallest absolute Gasteiger partial charge is 0.254 e. The number of nitrogens with two attached hydrogens (primary N) is 1. The number of carbonyl (C=O) groups is 2. The number of hydrogen-bond donors (Lipinski definition) is 3. The first kappa shape index (κ1) is 16.9. The highest BCUT2D eigenvalue weighted by atomic mass is 16.2. The normalized spacial score (nSPS) is 20.3. The largest absolute Gasteiger partial charge is 0.369 e. The molecule has 23 heavy (non-hydrogen) atoms. The van der Waals surface area contributed by atoms with Gasteiger partial charge in [-0.1, -0.05) is 19.1 Å². The second kappa shape index (κ2) is 7.21. The number of aromatic nitrogens is 2. The fourth-order valence-electron chi connectivity index (χ4n) is 2.75. The number of rotatable bonds is 5. The predicted octanol–water partition coefficient (Wildman–Crippen LogP) is 0.120. The number of hydrogen-bond acceptors (Lipinski definition) is 4. The Kier molecular flexibility index (Phi) is 5.31. The summed E-state index contributed by atoms with van der Waals surface area (Å²) in [6, 6.07) is -0.327. The minimum atomic E-state index is -0.428. The Bertz CT molecular complexity index is 693. The van der Waals surface area contributed by atoms with Crippen LogP contribution in [0.4, 0.5) is 0 Å². The van der Waals surface area contributed by atoms with Crippen LogP contribution in [0.15, 0.2) is 16.9 Å². The first-order chi connectivity index (χ1) is 10.9. The van der Waals surface area contributed by atoms with Gasteiger partial charge >= 0.3 is 0 Å². The lowest BCUT2D eigenvalue weighted by atomic mass is 9.88. The summed E-state index contributed by atoms with van der Waals surface area (Å²) >= 11 is 0. The van der Waals surface area contributed by atoms with Crippen LogP contribution in [-0.2, 0) is 22.4 Å². The molecule has 0 aliphatic heterocycles. The van der Waals surface area contributed by atoms with E-state index in [1.807, 2.05) is 19.1 Å². The van der Waals surface area contributed by atoms with Crippen LogP contribution in [0, 0.1) is 12.8 Å². The molecule has 1 aliphatic carbocycles. The molecule has 0 radical (unpaired) electrons. The molecule has 0 bridgehead atoms. The number of primary amides is 1. The maximum Gasteiger partial charge on any atom is 0.254 e. The van der Waals surface area contributed by atoms with E-state index in [-0.39, 0.29) is 23.9 Å². The first-order valence-corrected chi connectivity index (χ1v) is 7.74. The Balaban J connectivity index is 2.09. The Morgan fingerprint density at radius 3 is 2.70 bits per heavy atom. The summed E-state index contributed by atoms with van der Waals surface area (Å²) in [5, 5.41) is 2.81. The molecule has 7 nitrogen and oxygen atoms in total. The molecule has 1 heterocycles. The molecule has 2 atom stereocenters. The number of aryl methyl sites for hydroxylation is 2. The van der Waals surface area contributed by atoms with Crippen LogP contribution in [0.1, 0.15) is 36.8 Å². The van der Waals surface area contributed by atoms with Crippen molar-refractivity contribution >= 4 is 11.8 Å². The number of H-pyrrole nitrogens is 1. The Morgan fingerprint density at radius 1 is 1.39 bits per heavy atom. The van der Waals surface area contributed by atoms with E-state index in [0.29, 0.717) is 36.3 Å². The third-order valence-electron chi connectivity index (χ3n) is 4.09. The summed E-state index contributed by atoms with van der Waals surface area (Å²) in [7, 11) is 0. The second-order valence-electron chi connectivity index (χ2n) is 5.73. The van der Waals surface area contributed by atoms with Gasteiger partial charge in [-0.05, 0) is 19.8 Å². The van der Waals surface area contributed by atoms with E-state index in [1.54, 1.807) is 6.92 Å². The van der Waals surface area contributed by atoms with Crippen molar-refractivity contribution in [2.24, 2.45) is 11.7 Å². The molecule has 4 N–H and O–H groups in total. The Morgan fingerprint density at radius 2 is 2.09 bits per heavy atom. The average molecular weight is 318 g/mol. The molecule has 1 aromatic heterocycles. The summed E-state index contributed by atoms with van der Waals surface area (Å²) in [6.07, 6.45) is 5.44. The molecule has 2 amide bonds. The molecule has 0 saturated heterocycles. The highest BCUT2D eigenvalue weighted by molar-refractivity contribution is 5.82. The Hall–Kier alpha value is -2.44. The fraction of sp³-hybridized carbons (Fsp3) is 0.500. The fourth-order valence-corrected chi connectivity index (χ4v) is 2.75. The number of aromatic amines is 1. The summed E-state index contributed by atoms with van der Waals surface area (Å²) in [4.78, 5) is 42.7. The van der Waals surface area contributed by atoms with Gasteiger partial charge in [0.25, 0.3) is 5.56 Å². The summed E-state index contributed by atoms with van der Waals surface area (Å²) in [6.45, 7) is 3.61. The van der Waals surface area contributed by atoms with Crippen molar-refractivity contribution in [1.29, 1.82) is 0 Å². The van der Waals surface area contributed by atoms with Gasteiger partial charge < -0.3 is 16.0 Å². The summed E-state index contributed by atoms with van der Waals surface area (Å²) < 4.78 is 0. The van der Waals surface area contributed by atoms with Crippen LogP contribution in [0.25, 0.3) is 0 Å². The van der Waals surface area contributed by atoms with Crippen LogP contribution in [0.5, 0.6) is 0 Å². The molecular weight excluding hydrogens is 296 g/mol. The lowest BCUT2D eigenvalue weighted by Crippen LogP contribution is -2.47. The first-order valence-electron chi connectivity index (χ1n) is 7.74. The van der Waals surface area contributed by atoms with Crippen molar-refractivity contribution in [2.75, 3.05) is 0 Å². The monoisotopic (exact) mass is 318 g/mol. The molecule has 0 saturated carbocycles. The molecular formula is C16H22N4O3. The molecule has 1 aromatic rings. The zero-order valence-electron chi connectivity index (χ0n) is 13.4. The minimum absolute atomic E-state index is 0.0656. The second-order valence-corrected chi connectivity index (χ2v) is 5.73.